The number of carbonyl (C=O) groups is 1. The van der Waals surface area contributed by atoms with Gasteiger partial charge < -0.3 is 18.9 Å². The topological polar surface area (TPSA) is 101 Å². The minimum Gasteiger partial charge on any atom is -0.493 e. The van der Waals surface area contributed by atoms with Gasteiger partial charge in [0.2, 0.25) is 5.75 Å². The van der Waals surface area contributed by atoms with Gasteiger partial charge in [-0.25, -0.2) is 9.78 Å². The van der Waals surface area contributed by atoms with E-state index < -0.39 is 5.97 Å². The third-order valence-corrected chi connectivity index (χ3v) is 6.12. The van der Waals surface area contributed by atoms with Gasteiger partial charge in [0.15, 0.2) is 17.3 Å². The fourth-order valence-electron chi connectivity index (χ4n) is 4.16. The fraction of sp³-hybridized carbons (Fsp3) is 0.0968. The highest BCUT2D eigenvalue weighted by atomic mass is 16.5. The average Bonchev–Trinajstić information content (AvgIpc) is 3.00. The molecule has 0 radical (unpaired) electrons. The Morgan fingerprint density at radius 3 is 2.15 bits per heavy atom. The molecule has 0 bridgehead atoms. The number of methoxy groups -OCH3 is 3. The maximum atomic E-state index is 13.7. The normalized spacial score (nSPS) is 11.0. The first kappa shape index (κ1) is 26.2. The second kappa shape index (κ2) is 11.5. The Balaban J connectivity index is 1.64. The molecule has 4 aromatic carbocycles. The van der Waals surface area contributed by atoms with Gasteiger partial charge in [-0.05, 0) is 48.5 Å². The molecule has 9 heteroatoms. The highest BCUT2D eigenvalue weighted by molar-refractivity contribution is 5.93. The first-order valence-electron chi connectivity index (χ1n) is 12.3. The van der Waals surface area contributed by atoms with E-state index in [0.29, 0.717) is 44.8 Å². The van der Waals surface area contributed by atoms with Crippen molar-refractivity contribution in [2.45, 2.75) is 0 Å². The molecule has 0 saturated carbocycles. The molecule has 0 N–H and O–H groups in total. The van der Waals surface area contributed by atoms with Crippen molar-refractivity contribution >= 4 is 23.1 Å². The van der Waals surface area contributed by atoms with Crippen molar-refractivity contribution in [2.75, 3.05) is 21.3 Å². The van der Waals surface area contributed by atoms with Gasteiger partial charge in [-0.1, -0.05) is 42.5 Å². The van der Waals surface area contributed by atoms with Gasteiger partial charge >= 0.3 is 5.97 Å². The van der Waals surface area contributed by atoms with Gasteiger partial charge in [-0.15, -0.1) is 0 Å². The Kier molecular flexibility index (Phi) is 7.54. The maximum Gasteiger partial charge on any atom is 0.343 e. The molecule has 5 aromatic rings. The van der Waals surface area contributed by atoms with E-state index in [-0.39, 0.29) is 17.1 Å². The van der Waals surface area contributed by atoms with Crippen LogP contribution in [-0.4, -0.2) is 43.2 Å². The number of hydrogen-bond donors (Lipinski definition) is 0. The Labute approximate surface area is 229 Å². The van der Waals surface area contributed by atoms with Crippen molar-refractivity contribution in [2.24, 2.45) is 5.10 Å². The number of fused-ring (bicyclic) bond motifs is 1. The first-order valence-corrected chi connectivity index (χ1v) is 12.3. The third-order valence-electron chi connectivity index (χ3n) is 6.12. The van der Waals surface area contributed by atoms with E-state index in [0.717, 1.165) is 0 Å². The standard InChI is InChI=1S/C31H25N3O6/c1-37-26-17-22(18-27(38-2)28(26)39-3)29-33-24-15-9-8-14-23(24)30(35)34(29)32-19-21-13-7-10-16-25(21)40-31(36)20-11-5-4-6-12-20/h4-19H,1-3H3. The number of para-hydroxylation sites is 2. The molecular weight excluding hydrogens is 510 g/mol. The van der Waals surface area contributed by atoms with E-state index >= 15 is 0 Å². The number of rotatable bonds is 8. The van der Waals surface area contributed by atoms with Crippen LogP contribution in [0.4, 0.5) is 0 Å². The summed E-state index contributed by atoms with van der Waals surface area (Å²) in [6.45, 7) is 0. The maximum absolute atomic E-state index is 13.7. The minimum absolute atomic E-state index is 0.248. The van der Waals surface area contributed by atoms with Crippen LogP contribution in [0.25, 0.3) is 22.3 Å². The zero-order chi connectivity index (χ0) is 28.1. The van der Waals surface area contributed by atoms with Gasteiger partial charge in [0.25, 0.3) is 5.56 Å². The highest BCUT2D eigenvalue weighted by Crippen LogP contribution is 2.40. The van der Waals surface area contributed by atoms with Crippen LogP contribution in [-0.2, 0) is 0 Å². The van der Waals surface area contributed by atoms with E-state index in [2.05, 4.69) is 5.10 Å². The minimum atomic E-state index is -0.510. The molecule has 0 aliphatic heterocycles. The van der Waals surface area contributed by atoms with E-state index in [4.69, 9.17) is 23.9 Å². The Morgan fingerprint density at radius 2 is 1.45 bits per heavy atom. The molecule has 5 rings (SSSR count). The number of nitrogens with zero attached hydrogens (tertiary/aromatic N) is 3. The number of aromatic nitrogens is 2. The lowest BCUT2D eigenvalue weighted by atomic mass is 10.1. The summed E-state index contributed by atoms with van der Waals surface area (Å²) < 4.78 is 23.3. The molecule has 0 aliphatic carbocycles. The summed E-state index contributed by atoms with van der Waals surface area (Å²) in [7, 11) is 4.53. The molecule has 0 amide bonds. The number of hydrogen-bond acceptors (Lipinski definition) is 8. The summed E-state index contributed by atoms with van der Waals surface area (Å²) in [5.41, 5.74) is 1.53. The zero-order valence-corrected chi connectivity index (χ0v) is 22.0. The summed E-state index contributed by atoms with van der Waals surface area (Å²) in [5.74, 6) is 1.22. The monoisotopic (exact) mass is 535 g/mol. The molecule has 1 aromatic heterocycles. The lowest BCUT2D eigenvalue weighted by Gasteiger charge is -2.15. The molecule has 0 aliphatic rings. The largest absolute Gasteiger partial charge is 0.493 e. The molecule has 0 spiro atoms. The van der Waals surface area contributed by atoms with Gasteiger partial charge in [0, 0.05) is 11.1 Å². The van der Waals surface area contributed by atoms with Gasteiger partial charge in [0.1, 0.15) is 5.75 Å². The number of benzene rings is 4. The van der Waals surface area contributed by atoms with Crippen molar-refractivity contribution in [3.63, 3.8) is 0 Å². The van der Waals surface area contributed by atoms with Gasteiger partial charge in [0.05, 0.1) is 44.0 Å². The quantitative estimate of drug-likeness (QED) is 0.153. The molecular formula is C31H25N3O6. The number of ether oxygens (including phenoxy) is 4. The van der Waals surface area contributed by atoms with Crippen LogP contribution in [0.5, 0.6) is 23.0 Å². The molecule has 9 nitrogen and oxygen atoms in total. The average molecular weight is 536 g/mol. The molecule has 0 fully saturated rings. The van der Waals surface area contributed by atoms with Crippen LogP contribution in [0.1, 0.15) is 15.9 Å². The summed E-state index contributed by atoms with van der Waals surface area (Å²) >= 11 is 0. The predicted molar refractivity (Wildman–Crippen MR) is 152 cm³/mol. The van der Waals surface area contributed by atoms with Crippen LogP contribution in [0, 0.1) is 0 Å². The van der Waals surface area contributed by atoms with Crippen molar-refractivity contribution in [1.82, 2.24) is 9.66 Å². The summed E-state index contributed by atoms with van der Waals surface area (Å²) in [6, 6.07) is 26.0. The van der Waals surface area contributed by atoms with Crippen molar-refractivity contribution in [3.8, 4) is 34.4 Å². The van der Waals surface area contributed by atoms with E-state index in [1.807, 2.05) is 6.07 Å². The van der Waals surface area contributed by atoms with E-state index in [9.17, 15) is 9.59 Å². The molecule has 0 atom stereocenters. The van der Waals surface area contributed by atoms with Crippen molar-refractivity contribution in [3.05, 3.63) is 112 Å². The van der Waals surface area contributed by atoms with Crippen LogP contribution in [0.2, 0.25) is 0 Å². The first-order chi connectivity index (χ1) is 19.5. The third kappa shape index (κ3) is 5.12. The Bertz CT molecular complexity index is 1750. The molecule has 40 heavy (non-hydrogen) atoms. The molecule has 200 valence electrons. The predicted octanol–water partition coefficient (Wildman–Crippen LogP) is 5.19. The van der Waals surface area contributed by atoms with Gasteiger partial charge in [-0.2, -0.15) is 9.78 Å². The molecule has 0 saturated heterocycles. The summed E-state index contributed by atoms with van der Waals surface area (Å²) in [4.78, 5) is 31.1. The zero-order valence-electron chi connectivity index (χ0n) is 22.0. The summed E-state index contributed by atoms with van der Waals surface area (Å²) in [5, 5.41) is 4.90. The summed E-state index contributed by atoms with van der Waals surface area (Å²) in [6.07, 6.45) is 1.45. The Hall–Kier alpha value is -5.44. The lowest BCUT2D eigenvalue weighted by Crippen LogP contribution is -2.20. The highest BCUT2D eigenvalue weighted by Gasteiger charge is 2.19. The van der Waals surface area contributed by atoms with Gasteiger partial charge in [-0.3, -0.25) is 4.79 Å². The fourth-order valence-corrected chi connectivity index (χ4v) is 4.16. The molecule has 1 heterocycles. The van der Waals surface area contributed by atoms with Crippen LogP contribution in [0.3, 0.4) is 0 Å². The van der Waals surface area contributed by atoms with E-state index in [1.54, 1.807) is 84.9 Å². The lowest BCUT2D eigenvalue weighted by molar-refractivity contribution is 0.0734. The van der Waals surface area contributed by atoms with Crippen molar-refractivity contribution < 1.29 is 23.7 Å². The Morgan fingerprint density at radius 1 is 0.800 bits per heavy atom. The van der Waals surface area contributed by atoms with Crippen LogP contribution < -0.4 is 24.5 Å². The van der Waals surface area contributed by atoms with Crippen LogP contribution in [0.15, 0.2) is 101 Å². The van der Waals surface area contributed by atoms with E-state index in [1.165, 1.54) is 32.2 Å². The SMILES string of the molecule is COc1cc(-c2nc3ccccc3c(=O)n2N=Cc2ccccc2OC(=O)c2ccccc2)cc(OC)c1OC. The number of esters is 1. The second-order valence-electron chi connectivity index (χ2n) is 8.52. The molecule has 0 unspecified atom stereocenters. The smallest absolute Gasteiger partial charge is 0.343 e. The number of carbonyl (C=O) groups excluding carboxylic acids is 1. The second-order valence-corrected chi connectivity index (χ2v) is 8.52. The van der Waals surface area contributed by atoms with Crippen LogP contribution >= 0.6 is 0 Å². The van der Waals surface area contributed by atoms with Crippen molar-refractivity contribution in [1.29, 1.82) is 0 Å².